The lowest BCUT2D eigenvalue weighted by molar-refractivity contribution is 0.0600. The lowest BCUT2D eigenvalue weighted by Gasteiger charge is -2.28. The minimum absolute atomic E-state index is 0.143. The van der Waals surface area contributed by atoms with Gasteiger partial charge in [-0.2, -0.15) is 9.30 Å². The van der Waals surface area contributed by atoms with Crippen molar-refractivity contribution in [3.05, 3.63) is 93.8 Å². The van der Waals surface area contributed by atoms with Crippen LogP contribution in [0.2, 0.25) is 0 Å². The minimum atomic E-state index is -3.70. The van der Waals surface area contributed by atoms with Gasteiger partial charge in [0.15, 0.2) is 4.80 Å². The number of benzene rings is 3. The van der Waals surface area contributed by atoms with E-state index in [1.165, 1.54) is 52.6 Å². The number of amides is 1. The Kier molecular flexibility index (Phi) is 6.80. The van der Waals surface area contributed by atoms with Gasteiger partial charge in [-0.15, -0.1) is 0 Å². The first-order valence-electron chi connectivity index (χ1n) is 11.8. The zero-order chi connectivity index (χ0) is 26.2. The van der Waals surface area contributed by atoms with Crippen molar-refractivity contribution in [2.24, 2.45) is 4.99 Å². The highest BCUT2D eigenvalue weighted by Crippen LogP contribution is 2.25. The maximum Gasteiger partial charge on any atom is 0.337 e. The van der Waals surface area contributed by atoms with Crippen molar-refractivity contribution in [2.75, 3.05) is 13.7 Å². The van der Waals surface area contributed by atoms with Crippen LogP contribution >= 0.6 is 11.3 Å². The highest BCUT2D eigenvalue weighted by molar-refractivity contribution is 7.89. The number of ether oxygens (including phenoxy) is 1. The van der Waals surface area contributed by atoms with Crippen molar-refractivity contribution >= 4 is 43.5 Å². The number of rotatable bonds is 5. The van der Waals surface area contributed by atoms with E-state index in [4.69, 9.17) is 4.74 Å². The van der Waals surface area contributed by atoms with Gasteiger partial charge in [0.1, 0.15) is 0 Å². The number of carbonyl (C=O) groups is 2. The number of hydrogen-bond acceptors (Lipinski definition) is 6. The largest absolute Gasteiger partial charge is 0.465 e. The summed E-state index contributed by atoms with van der Waals surface area (Å²) in [6.45, 7) is 3.27. The van der Waals surface area contributed by atoms with Crippen LogP contribution in [-0.4, -0.2) is 42.8 Å². The van der Waals surface area contributed by atoms with Gasteiger partial charge in [0.05, 0.1) is 27.8 Å². The third-order valence-electron chi connectivity index (χ3n) is 6.45. The molecule has 0 unspecified atom stereocenters. The van der Waals surface area contributed by atoms with Crippen molar-refractivity contribution in [1.82, 2.24) is 8.87 Å². The summed E-state index contributed by atoms with van der Waals surface area (Å²) in [5.41, 5.74) is 3.75. The molecule has 0 N–H and O–H groups in total. The van der Waals surface area contributed by atoms with Gasteiger partial charge in [0.2, 0.25) is 10.0 Å². The molecule has 5 rings (SSSR count). The Morgan fingerprint density at radius 3 is 2.41 bits per heavy atom. The first kappa shape index (κ1) is 25.1. The standard InChI is InChI=1S/C27H25N3O5S2/c1-3-30-23-13-10-20(26(32)35-2)16-24(23)36-27(30)28-25(31)19-8-11-22(12-9-19)37(33,34)29-15-14-18-6-4-5-7-21(18)17-29/h4-13,16H,3,14-15,17H2,1-2H3. The quantitative estimate of drug-likeness (QED) is 0.360. The van der Waals surface area contributed by atoms with Gasteiger partial charge >= 0.3 is 5.97 Å². The molecule has 1 amide bonds. The lowest BCUT2D eigenvalue weighted by atomic mass is 10.0. The van der Waals surface area contributed by atoms with Crippen LogP contribution in [0.15, 0.2) is 76.6 Å². The van der Waals surface area contributed by atoms with Crippen molar-refractivity contribution in [3.8, 4) is 0 Å². The summed E-state index contributed by atoms with van der Waals surface area (Å²) in [5.74, 6) is -0.908. The van der Waals surface area contributed by atoms with Crippen LogP contribution in [-0.2, 0) is 34.3 Å². The Hall–Kier alpha value is -3.60. The van der Waals surface area contributed by atoms with E-state index in [9.17, 15) is 18.0 Å². The fourth-order valence-electron chi connectivity index (χ4n) is 4.45. The molecular weight excluding hydrogens is 510 g/mol. The first-order chi connectivity index (χ1) is 17.8. The van der Waals surface area contributed by atoms with Gasteiger partial charge in [-0.05, 0) is 66.9 Å². The molecule has 0 bridgehead atoms. The molecule has 37 heavy (non-hydrogen) atoms. The number of aryl methyl sites for hydroxylation is 1. The Balaban J connectivity index is 1.41. The molecular formula is C27H25N3O5S2. The van der Waals surface area contributed by atoms with E-state index in [2.05, 4.69) is 4.99 Å². The average molecular weight is 536 g/mol. The molecule has 0 fully saturated rings. The Morgan fingerprint density at radius 1 is 1.00 bits per heavy atom. The Morgan fingerprint density at radius 2 is 1.70 bits per heavy atom. The molecule has 0 atom stereocenters. The van der Waals surface area contributed by atoms with E-state index >= 15 is 0 Å². The van der Waals surface area contributed by atoms with Crippen LogP contribution in [0.1, 0.15) is 38.8 Å². The van der Waals surface area contributed by atoms with Crippen molar-refractivity contribution in [2.45, 2.75) is 31.3 Å². The second-order valence-corrected chi connectivity index (χ2v) is 11.5. The minimum Gasteiger partial charge on any atom is -0.465 e. The molecule has 1 aliphatic heterocycles. The van der Waals surface area contributed by atoms with E-state index in [1.54, 1.807) is 12.1 Å². The molecule has 190 valence electrons. The summed E-state index contributed by atoms with van der Waals surface area (Å²) in [5, 5.41) is 0. The summed E-state index contributed by atoms with van der Waals surface area (Å²) in [4.78, 5) is 29.8. The molecule has 4 aromatic rings. The van der Waals surface area contributed by atoms with Gasteiger partial charge in [0.25, 0.3) is 5.91 Å². The van der Waals surface area contributed by atoms with Crippen LogP contribution in [0.3, 0.4) is 0 Å². The third kappa shape index (κ3) is 4.75. The summed E-state index contributed by atoms with van der Waals surface area (Å²) in [6.07, 6.45) is 0.665. The summed E-state index contributed by atoms with van der Waals surface area (Å²) >= 11 is 1.30. The molecule has 2 heterocycles. The number of thiazole rings is 1. The highest BCUT2D eigenvalue weighted by atomic mass is 32.2. The van der Waals surface area contributed by atoms with E-state index in [1.807, 2.05) is 41.8 Å². The normalized spacial score (nSPS) is 14.5. The molecule has 0 saturated carbocycles. The number of fused-ring (bicyclic) bond motifs is 2. The highest BCUT2D eigenvalue weighted by Gasteiger charge is 2.28. The van der Waals surface area contributed by atoms with Crippen LogP contribution in [0.5, 0.6) is 0 Å². The summed E-state index contributed by atoms with van der Waals surface area (Å²) < 4.78 is 35.4. The van der Waals surface area contributed by atoms with Gasteiger partial charge in [0, 0.05) is 25.2 Å². The SMILES string of the molecule is CCn1c(=NC(=O)c2ccc(S(=O)(=O)N3CCc4ccccc4C3)cc2)sc2cc(C(=O)OC)ccc21. The average Bonchev–Trinajstić information content (AvgIpc) is 3.28. The molecule has 1 aliphatic rings. The molecule has 0 aliphatic carbocycles. The first-order valence-corrected chi connectivity index (χ1v) is 14.0. The second-order valence-electron chi connectivity index (χ2n) is 8.60. The van der Waals surface area contributed by atoms with Gasteiger partial charge in [-0.1, -0.05) is 35.6 Å². The predicted molar refractivity (Wildman–Crippen MR) is 141 cm³/mol. The van der Waals surface area contributed by atoms with E-state index in [0.717, 1.165) is 15.8 Å². The zero-order valence-electron chi connectivity index (χ0n) is 20.4. The molecule has 0 radical (unpaired) electrons. The monoisotopic (exact) mass is 535 g/mol. The maximum absolute atomic E-state index is 13.2. The van der Waals surface area contributed by atoms with Gasteiger partial charge < -0.3 is 9.30 Å². The fraction of sp³-hybridized carbons (Fsp3) is 0.222. The van der Waals surface area contributed by atoms with Crippen LogP contribution in [0.25, 0.3) is 10.2 Å². The summed E-state index contributed by atoms with van der Waals surface area (Å²) in [7, 11) is -2.37. The fourth-order valence-corrected chi connectivity index (χ4v) is 7.00. The number of carbonyl (C=O) groups excluding carboxylic acids is 2. The van der Waals surface area contributed by atoms with E-state index in [0.29, 0.717) is 42.0 Å². The number of hydrogen-bond donors (Lipinski definition) is 0. The van der Waals surface area contributed by atoms with Crippen LogP contribution in [0, 0.1) is 0 Å². The zero-order valence-corrected chi connectivity index (χ0v) is 22.0. The maximum atomic E-state index is 13.2. The smallest absolute Gasteiger partial charge is 0.337 e. The van der Waals surface area contributed by atoms with Crippen LogP contribution < -0.4 is 4.80 Å². The number of methoxy groups -OCH3 is 1. The van der Waals surface area contributed by atoms with E-state index in [-0.39, 0.29) is 4.90 Å². The predicted octanol–water partition coefficient (Wildman–Crippen LogP) is 4.00. The van der Waals surface area contributed by atoms with Crippen molar-refractivity contribution in [3.63, 3.8) is 0 Å². The molecule has 3 aromatic carbocycles. The Bertz CT molecular complexity index is 1690. The molecule has 8 nitrogen and oxygen atoms in total. The summed E-state index contributed by atoms with van der Waals surface area (Å²) in [6, 6.07) is 19.0. The number of esters is 1. The van der Waals surface area contributed by atoms with Gasteiger partial charge in [-0.25, -0.2) is 13.2 Å². The van der Waals surface area contributed by atoms with Crippen molar-refractivity contribution < 1.29 is 22.7 Å². The van der Waals surface area contributed by atoms with Gasteiger partial charge in [-0.3, -0.25) is 4.79 Å². The topological polar surface area (TPSA) is 98.0 Å². The third-order valence-corrected chi connectivity index (χ3v) is 9.35. The number of sulfonamides is 1. The van der Waals surface area contributed by atoms with Crippen LogP contribution in [0.4, 0.5) is 0 Å². The van der Waals surface area contributed by atoms with Crippen molar-refractivity contribution in [1.29, 1.82) is 0 Å². The second kappa shape index (κ2) is 10.0. The van der Waals surface area contributed by atoms with E-state index < -0.39 is 21.9 Å². The molecule has 0 spiro atoms. The molecule has 0 saturated heterocycles. The molecule has 1 aromatic heterocycles. The lowest BCUT2D eigenvalue weighted by Crippen LogP contribution is -2.35. The number of nitrogens with zero attached hydrogens (tertiary/aromatic N) is 3. The Labute approximate surface area is 218 Å². The molecule has 10 heteroatoms. The number of aromatic nitrogens is 1.